The third-order valence-corrected chi connectivity index (χ3v) is 3.65. The van der Waals surface area contributed by atoms with Crippen LogP contribution in [-0.4, -0.2) is 5.91 Å². The Morgan fingerprint density at radius 3 is 2.25 bits per heavy atom. The first kappa shape index (κ1) is 15.7. The highest BCUT2D eigenvalue weighted by Gasteiger charge is 2.08. The number of benzene rings is 3. The summed E-state index contributed by atoms with van der Waals surface area (Å²) in [6, 6.07) is 21.0. The summed E-state index contributed by atoms with van der Waals surface area (Å²) in [5.74, 6) is -0.430. The largest absolute Gasteiger partial charge is 0.355 e. The van der Waals surface area contributed by atoms with Gasteiger partial charge in [0.15, 0.2) is 0 Å². The Labute approximate surface area is 140 Å². The predicted octanol–water partition coefficient (Wildman–Crippen LogP) is 5.13. The Morgan fingerprint density at radius 2 is 1.54 bits per heavy atom. The third kappa shape index (κ3) is 3.79. The molecule has 0 bridgehead atoms. The van der Waals surface area contributed by atoms with E-state index in [9.17, 15) is 9.18 Å². The summed E-state index contributed by atoms with van der Waals surface area (Å²) in [5.41, 5.74) is 3.77. The van der Waals surface area contributed by atoms with Crippen molar-refractivity contribution in [3.8, 4) is 0 Å². The molecular formula is C20H17FN2O. The van der Waals surface area contributed by atoms with Crippen LogP contribution in [0.25, 0.3) is 0 Å². The molecule has 0 saturated heterocycles. The van der Waals surface area contributed by atoms with Gasteiger partial charge in [-0.3, -0.25) is 4.79 Å². The fourth-order valence-corrected chi connectivity index (χ4v) is 2.40. The van der Waals surface area contributed by atoms with Gasteiger partial charge in [-0.1, -0.05) is 24.3 Å². The van der Waals surface area contributed by atoms with Crippen molar-refractivity contribution in [2.24, 2.45) is 0 Å². The van der Waals surface area contributed by atoms with E-state index in [0.717, 1.165) is 11.3 Å². The van der Waals surface area contributed by atoms with Crippen LogP contribution in [-0.2, 0) is 0 Å². The zero-order chi connectivity index (χ0) is 16.9. The lowest BCUT2D eigenvalue weighted by Gasteiger charge is -2.10. The van der Waals surface area contributed by atoms with Crippen molar-refractivity contribution in [3.05, 3.63) is 89.7 Å². The number of carbonyl (C=O) groups is 1. The van der Waals surface area contributed by atoms with Crippen LogP contribution in [0.15, 0.2) is 72.8 Å². The molecule has 3 aromatic rings. The van der Waals surface area contributed by atoms with Crippen LogP contribution in [0.3, 0.4) is 0 Å². The molecule has 4 heteroatoms. The van der Waals surface area contributed by atoms with Crippen molar-refractivity contribution in [1.29, 1.82) is 0 Å². The molecule has 0 saturated carbocycles. The fourth-order valence-electron chi connectivity index (χ4n) is 2.40. The number of hydrogen-bond donors (Lipinski definition) is 2. The molecule has 1 amide bonds. The smallest absolute Gasteiger partial charge is 0.255 e. The van der Waals surface area contributed by atoms with Gasteiger partial charge in [-0.25, -0.2) is 4.39 Å². The maximum atomic E-state index is 13.2. The monoisotopic (exact) mass is 320 g/mol. The maximum Gasteiger partial charge on any atom is 0.255 e. The highest BCUT2D eigenvalue weighted by Crippen LogP contribution is 2.20. The first-order valence-corrected chi connectivity index (χ1v) is 7.61. The third-order valence-electron chi connectivity index (χ3n) is 3.65. The Bertz CT molecular complexity index is 860. The van der Waals surface area contributed by atoms with Crippen LogP contribution in [0, 0.1) is 12.7 Å². The Kier molecular flexibility index (Phi) is 4.57. The molecule has 0 aromatic heterocycles. The van der Waals surface area contributed by atoms with Crippen LogP contribution in [0.4, 0.5) is 21.5 Å². The minimum absolute atomic E-state index is 0.140. The molecule has 0 atom stereocenters. The highest BCUT2D eigenvalue weighted by molar-refractivity contribution is 6.05. The van der Waals surface area contributed by atoms with E-state index in [1.807, 2.05) is 37.3 Å². The van der Waals surface area contributed by atoms with E-state index in [1.54, 1.807) is 30.3 Å². The minimum atomic E-state index is -0.290. The standard InChI is InChI=1S/C20H17FN2O/c1-14-5-2-3-8-19(14)20(24)23-17-11-9-16(10-12-17)22-18-7-4-6-15(21)13-18/h2-13,22H,1H3,(H,23,24). The second-order valence-electron chi connectivity index (χ2n) is 5.48. The van der Waals surface area contributed by atoms with Crippen LogP contribution in [0.2, 0.25) is 0 Å². The summed E-state index contributed by atoms with van der Waals surface area (Å²) in [5, 5.41) is 5.99. The molecule has 3 aromatic carbocycles. The van der Waals surface area contributed by atoms with Gasteiger partial charge in [0.1, 0.15) is 5.82 Å². The van der Waals surface area contributed by atoms with Crippen LogP contribution < -0.4 is 10.6 Å². The van der Waals surface area contributed by atoms with E-state index in [1.165, 1.54) is 12.1 Å². The summed E-state index contributed by atoms with van der Waals surface area (Å²) in [6.07, 6.45) is 0. The molecule has 0 heterocycles. The lowest BCUT2D eigenvalue weighted by molar-refractivity contribution is 0.102. The first-order chi connectivity index (χ1) is 11.6. The molecule has 0 radical (unpaired) electrons. The SMILES string of the molecule is Cc1ccccc1C(=O)Nc1ccc(Nc2cccc(F)c2)cc1. The van der Waals surface area contributed by atoms with E-state index in [0.29, 0.717) is 16.9 Å². The molecule has 0 spiro atoms. The number of hydrogen-bond acceptors (Lipinski definition) is 2. The molecule has 3 rings (SSSR count). The molecule has 0 aliphatic rings. The van der Waals surface area contributed by atoms with Gasteiger partial charge >= 0.3 is 0 Å². The summed E-state index contributed by atoms with van der Waals surface area (Å²) >= 11 is 0. The zero-order valence-electron chi connectivity index (χ0n) is 13.2. The molecule has 0 aliphatic carbocycles. The summed E-state index contributed by atoms with van der Waals surface area (Å²) in [6.45, 7) is 1.90. The summed E-state index contributed by atoms with van der Waals surface area (Å²) in [4.78, 5) is 12.3. The average Bonchev–Trinajstić information content (AvgIpc) is 2.57. The van der Waals surface area contributed by atoms with Gasteiger partial charge in [0.25, 0.3) is 5.91 Å². The van der Waals surface area contributed by atoms with Crippen LogP contribution in [0.5, 0.6) is 0 Å². The molecule has 2 N–H and O–H groups in total. The van der Waals surface area contributed by atoms with Crippen molar-refractivity contribution < 1.29 is 9.18 Å². The quantitative estimate of drug-likeness (QED) is 0.699. The lowest BCUT2D eigenvalue weighted by atomic mass is 10.1. The van der Waals surface area contributed by atoms with E-state index in [2.05, 4.69) is 10.6 Å². The Hall–Kier alpha value is -3.14. The van der Waals surface area contributed by atoms with Gasteiger partial charge in [-0.2, -0.15) is 0 Å². The molecule has 24 heavy (non-hydrogen) atoms. The minimum Gasteiger partial charge on any atom is -0.355 e. The molecule has 0 aliphatic heterocycles. The number of carbonyl (C=O) groups excluding carboxylic acids is 1. The number of anilines is 3. The number of nitrogens with one attached hydrogen (secondary N) is 2. The molecular weight excluding hydrogens is 303 g/mol. The van der Waals surface area contributed by atoms with E-state index in [4.69, 9.17) is 0 Å². The topological polar surface area (TPSA) is 41.1 Å². The Morgan fingerprint density at radius 1 is 0.833 bits per heavy atom. The molecule has 3 nitrogen and oxygen atoms in total. The van der Waals surface area contributed by atoms with Crippen LogP contribution >= 0.6 is 0 Å². The van der Waals surface area contributed by atoms with E-state index >= 15 is 0 Å². The number of rotatable bonds is 4. The van der Waals surface area contributed by atoms with Gasteiger partial charge in [0.2, 0.25) is 0 Å². The van der Waals surface area contributed by atoms with Crippen molar-refractivity contribution in [2.45, 2.75) is 6.92 Å². The molecule has 0 unspecified atom stereocenters. The van der Waals surface area contributed by atoms with Gasteiger partial charge in [-0.15, -0.1) is 0 Å². The summed E-state index contributed by atoms with van der Waals surface area (Å²) < 4.78 is 13.2. The highest BCUT2D eigenvalue weighted by atomic mass is 19.1. The maximum absolute atomic E-state index is 13.2. The van der Waals surface area contributed by atoms with Crippen LogP contribution in [0.1, 0.15) is 15.9 Å². The van der Waals surface area contributed by atoms with Gasteiger partial charge in [0.05, 0.1) is 0 Å². The number of amides is 1. The zero-order valence-corrected chi connectivity index (χ0v) is 13.2. The van der Waals surface area contributed by atoms with Crippen molar-refractivity contribution in [3.63, 3.8) is 0 Å². The normalized spacial score (nSPS) is 10.2. The first-order valence-electron chi connectivity index (χ1n) is 7.61. The fraction of sp³-hybridized carbons (Fsp3) is 0.0500. The summed E-state index contributed by atoms with van der Waals surface area (Å²) in [7, 11) is 0. The van der Waals surface area contributed by atoms with Gasteiger partial charge in [-0.05, 0) is 61.0 Å². The van der Waals surface area contributed by atoms with Crippen molar-refractivity contribution >= 4 is 23.0 Å². The van der Waals surface area contributed by atoms with Crippen molar-refractivity contribution in [2.75, 3.05) is 10.6 Å². The molecule has 0 fully saturated rings. The average molecular weight is 320 g/mol. The number of aryl methyl sites for hydroxylation is 1. The number of halogens is 1. The lowest BCUT2D eigenvalue weighted by Crippen LogP contribution is -2.13. The van der Waals surface area contributed by atoms with E-state index in [-0.39, 0.29) is 11.7 Å². The van der Waals surface area contributed by atoms with Gasteiger partial charge < -0.3 is 10.6 Å². The van der Waals surface area contributed by atoms with Gasteiger partial charge in [0, 0.05) is 22.6 Å². The van der Waals surface area contributed by atoms with Crippen molar-refractivity contribution in [1.82, 2.24) is 0 Å². The predicted molar refractivity (Wildman–Crippen MR) is 95.3 cm³/mol. The second-order valence-corrected chi connectivity index (χ2v) is 5.48. The molecule has 120 valence electrons. The second kappa shape index (κ2) is 6.96. The Balaban J connectivity index is 1.68. The van der Waals surface area contributed by atoms with E-state index < -0.39 is 0 Å².